The van der Waals surface area contributed by atoms with Crippen LogP contribution in [0.2, 0.25) is 0 Å². The normalized spacial score (nSPS) is 15.7. The van der Waals surface area contributed by atoms with E-state index in [2.05, 4.69) is 15.9 Å². The first-order valence-electron chi connectivity index (χ1n) is 4.61. The average molecular weight is 323 g/mol. The molecule has 0 fully saturated rings. The minimum absolute atomic E-state index is 0.0757. The molecule has 0 N–H and O–H groups in total. The topological polar surface area (TPSA) is 0 Å². The molecule has 0 bridgehead atoms. The van der Waals surface area contributed by atoms with E-state index >= 15 is 0 Å². The zero-order valence-electron chi connectivity index (χ0n) is 8.49. The van der Waals surface area contributed by atoms with E-state index in [0.717, 1.165) is 29.6 Å². The van der Waals surface area contributed by atoms with Gasteiger partial charge in [-0.15, -0.1) is 23.2 Å². The lowest BCUT2D eigenvalue weighted by atomic mass is 10.0. The molecule has 0 aliphatic carbocycles. The van der Waals surface area contributed by atoms with Crippen LogP contribution in [0.15, 0.2) is 11.1 Å². The van der Waals surface area contributed by atoms with Gasteiger partial charge in [0.1, 0.15) is 0 Å². The Hall–Kier alpha value is 1.09. The van der Waals surface area contributed by atoms with Crippen LogP contribution in [-0.4, -0.2) is 15.6 Å². The van der Waals surface area contributed by atoms with Gasteiger partial charge in [-0.1, -0.05) is 33.6 Å². The molecule has 0 saturated heterocycles. The molecule has 1 unspecified atom stereocenters. The molecule has 14 heavy (non-hydrogen) atoms. The molecule has 0 aliphatic heterocycles. The lowest BCUT2D eigenvalue weighted by Gasteiger charge is -2.16. The van der Waals surface area contributed by atoms with E-state index in [1.54, 1.807) is 0 Å². The summed E-state index contributed by atoms with van der Waals surface area (Å²) < 4.78 is 0. The maximum absolute atomic E-state index is 6.07. The Morgan fingerprint density at radius 3 is 2.50 bits per heavy atom. The second kappa shape index (κ2) is 7.38. The molecule has 0 nitrogen and oxygen atoms in total. The van der Waals surface area contributed by atoms with Crippen LogP contribution in [0.1, 0.15) is 33.1 Å². The minimum atomic E-state index is -0.137. The van der Waals surface area contributed by atoms with Crippen molar-refractivity contribution in [1.29, 1.82) is 0 Å². The van der Waals surface area contributed by atoms with Crippen molar-refractivity contribution < 1.29 is 0 Å². The molecular weight excluding hydrogens is 306 g/mol. The summed E-state index contributed by atoms with van der Waals surface area (Å²) >= 11 is 21.4. The predicted octanol–water partition coefficient (Wildman–Crippen LogP) is 5.30. The van der Waals surface area contributed by atoms with E-state index in [1.165, 1.54) is 0 Å². The Labute approximate surface area is 110 Å². The Bertz CT molecular complexity index is 184. The van der Waals surface area contributed by atoms with Crippen molar-refractivity contribution in [2.45, 2.75) is 43.4 Å². The first-order valence-corrected chi connectivity index (χ1v) is 6.92. The standard InChI is InChI=1S/C10H16BrCl3/c1-10(2,14)6-3-4-8(12)9(13)5-7-11/h5,8H,3-4,6-7H2,1-2H3. The SMILES string of the molecule is CC(C)(Cl)CCCC(Cl)C(Cl)=CCBr. The number of rotatable bonds is 6. The van der Waals surface area contributed by atoms with Crippen LogP contribution < -0.4 is 0 Å². The third-order valence-electron chi connectivity index (χ3n) is 1.80. The smallest absolute Gasteiger partial charge is 0.0689 e. The van der Waals surface area contributed by atoms with Crippen LogP contribution in [0.5, 0.6) is 0 Å². The molecule has 0 spiro atoms. The van der Waals surface area contributed by atoms with Crippen molar-refractivity contribution in [2.75, 3.05) is 5.33 Å². The highest BCUT2D eigenvalue weighted by Crippen LogP contribution is 2.25. The van der Waals surface area contributed by atoms with Gasteiger partial charge in [0.25, 0.3) is 0 Å². The second-order valence-electron chi connectivity index (χ2n) is 3.82. The molecule has 0 aliphatic rings. The minimum Gasteiger partial charge on any atom is -0.120 e. The first kappa shape index (κ1) is 15.1. The highest BCUT2D eigenvalue weighted by molar-refractivity contribution is 9.09. The number of alkyl halides is 3. The van der Waals surface area contributed by atoms with Crippen molar-refractivity contribution in [3.63, 3.8) is 0 Å². The van der Waals surface area contributed by atoms with Gasteiger partial charge in [-0.2, -0.15) is 0 Å². The van der Waals surface area contributed by atoms with Crippen LogP contribution in [0.3, 0.4) is 0 Å². The van der Waals surface area contributed by atoms with Crippen molar-refractivity contribution in [3.8, 4) is 0 Å². The van der Waals surface area contributed by atoms with E-state index in [-0.39, 0.29) is 10.3 Å². The van der Waals surface area contributed by atoms with Gasteiger partial charge in [0.05, 0.1) is 5.38 Å². The third kappa shape index (κ3) is 8.40. The van der Waals surface area contributed by atoms with E-state index in [0.29, 0.717) is 0 Å². The zero-order chi connectivity index (χ0) is 11.2. The van der Waals surface area contributed by atoms with Crippen molar-refractivity contribution in [1.82, 2.24) is 0 Å². The molecule has 0 radical (unpaired) electrons. The van der Waals surface area contributed by atoms with Crippen molar-refractivity contribution in [3.05, 3.63) is 11.1 Å². The fraction of sp³-hybridized carbons (Fsp3) is 0.800. The van der Waals surface area contributed by atoms with Crippen molar-refractivity contribution >= 4 is 50.7 Å². The summed E-state index contributed by atoms with van der Waals surface area (Å²) in [6, 6.07) is 0. The molecule has 0 heterocycles. The molecule has 1 atom stereocenters. The maximum atomic E-state index is 6.07. The van der Waals surface area contributed by atoms with E-state index in [1.807, 2.05) is 19.9 Å². The summed E-state index contributed by atoms with van der Waals surface area (Å²) in [7, 11) is 0. The quantitative estimate of drug-likeness (QED) is 0.582. The number of hydrogen-bond acceptors (Lipinski definition) is 0. The summed E-state index contributed by atoms with van der Waals surface area (Å²) in [6.45, 7) is 4.02. The van der Waals surface area contributed by atoms with Gasteiger partial charge in [0, 0.05) is 15.2 Å². The van der Waals surface area contributed by atoms with E-state index < -0.39 is 0 Å². The Balaban J connectivity index is 3.75. The van der Waals surface area contributed by atoms with Crippen LogP contribution >= 0.6 is 50.7 Å². The zero-order valence-corrected chi connectivity index (χ0v) is 12.3. The maximum Gasteiger partial charge on any atom is 0.0689 e. The average Bonchev–Trinajstić information content (AvgIpc) is 2.02. The second-order valence-corrected chi connectivity index (χ2v) is 6.46. The largest absolute Gasteiger partial charge is 0.120 e. The van der Waals surface area contributed by atoms with Gasteiger partial charge >= 0.3 is 0 Å². The van der Waals surface area contributed by atoms with E-state index in [4.69, 9.17) is 34.8 Å². The Kier molecular flexibility index (Phi) is 7.95. The molecule has 0 rings (SSSR count). The number of halogens is 4. The lowest BCUT2D eigenvalue weighted by molar-refractivity contribution is 0.573. The first-order chi connectivity index (χ1) is 6.37. The van der Waals surface area contributed by atoms with Gasteiger partial charge in [-0.25, -0.2) is 0 Å². The Morgan fingerprint density at radius 1 is 1.50 bits per heavy atom. The van der Waals surface area contributed by atoms with Crippen LogP contribution in [0.25, 0.3) is 0 Å². The van der Waals surface area contributed by atoms with Gasteiger partial charge in [-0.05, 0) is 33.1 Å². The molecule has 0 saturated carbocycles. The summed E-state index contributed by atoms with van der Waals surface area (Å²) in [6.07, 6.45) is 4.71. The highest BCUT2D eigenvalue weighted by atomic mass is 79.9. The highest BCUT2D eigenvalue weighted by Gasteiger charge is 2.15. The molecule has 0 aromatic carbocycles. The number of hydrogen-bond donors (Lipinski definition) is 0. The van der Waals surface area contributed by atoms with Gasteiger partial charge in [0.15, 0.2) is 0 Å². The van der Waals surface area contributed by atoms with Crippen LogP contribution in [0.4, 0.5) is 0 Å². The summed E-state index contributed by atoms with van der Waals surface area (Å²) in [5.74, 6) is 0. The number of allylic oxidation sites excluding steroid dienone is 2. The Morgan fingerprint density at radius 2 is 2.07 bits per heavy atom. The summed E-state index contributed by atoms with van der Waals surface area (Å²) in [5, 5.41) is 1.39. The molecule has 84 valence electrons. The van der Waals surface area contributed by atoms with Crippen LogP contribution in [0, 0.1) is 0 Å². The fourth-order valence-corrected chi connectivity index (χ4v) is 2.14. The van der Waals surface area contributed by atoms with Crippen LogP contribution in [-0.2, 0) is 0 Å². The summed E-state index contributed by atoms with van der Waals surface area (Å²) in [4.78, 5) is -0.137. The molecule has 0 amide bonds. The van der Waals surface area contributed by atoms with Gasteiger partial charge in [-0.3, -0.25) is 0 Å². The molecule has 0 aromatic rings. The fourth-order valence-electron chi connectivity index (χ4n) is 1.04. The van der Waals surface area contributed by atoms with Gasteiger partial charge < -0.3 is 0 Å². The molecular formula is C10H16BrCl3. The van der Waals surface area contributed by atoms with Crippen molar-refractivity contribution in [2.24, 2.45) is 0 Å². The molecule has 0 aromatic heterocycles. The predicted molar refractivity (Wildman–Crippen MR) is 71.2 cm³/mol. The monoisotopic (exact) mass is 320 g/mol. The molecule has 4 heteroatoms. The van der Waals surface area contributed by atoms with E-state index in [9.17, 15) is 0 Å². The van der Waals surface area contributed by atoms with Gasteiger partial charge in [0.2, 0.25) is 0 Å². The summed E-state index contributed by atoms with van der Waals surface area (Å²) in [5.41, 5.74) is 0. The third-order valence-corrected chi connectivity index (χ3v) is 3.30. The lowest BCUT2D eigenvalue weighted by Crippen LogP contribution is -2.10.